The molecule has 150 valence electrons. The van der Waals surface area contributed by atoms with Gasteiger partial charge in [0.2, 0.25) is 0 Å². The first kappa shape index (κ1) is 19.0. The van der Waals surface area contributed by atoms with Crippen LogP contribution in [0.25, 0.3) is 5.57 Å². The van der Waals surface area contributed by atoms with E-state index in [1.807, 2.05) is 39.4 Å². The van der Waals surface area contributed by atoms with Crippen molar-refractivity contribution in [2.24, 2.45) is 17.6 Å². The van der Waals surface area contributed by atoms with E-state index in [2.05, 4.69) is 28.7 Å². The van der Waals surface area contributed by atoms with Gasteiger partial charge in [-0.15, -0.1) is 0 Å². The van der Waals surface area contributed by atoms with Crippen LogP contribution in [-0.4, -0.2) is 53.1 Å². The van der Waals surface area contributed by atoms with Gasteiger partial charge >= 0.3 is 0 Å². The van der Waals surface area contributed by atoms with Crippen LogP contribution in [0.3, 0.4) is 0 Å². The monoisotopic (exact) mass is 390 g/mol. The molecular weight excluding hydrogens is 364 g/mol. The Balaban J connectivity index is 1.64. The highest BCUT2D eigenvalue weighted by atomic mass is 15.9. The molecule has 4 rings (SSSR count). The minimum absolute atomic E-state index is 0.371. The molecule has 0 radical (unpaired) electrons. The Morgan fingerprint density at radius 3 is 2.59 bits per heavy atom. The molecule has 8 nitrogen and oxygen atoms in total. The molecule has 0 unspecified atom stereocenters. The molecule has 1 aliphatic heterocycles. The van der Waals surface area contributed by atoms with Gasteiger partial charge in [-0.3, -0.25) is 5.01 Å². The normalized spacial score (nSPS) is 22.8. The summed E-state index contributed by atoms with van der Waals surface area (Å²) in [5.74, 6) is 2.21. The van der Waals surface area contributed by atoms with Crippen LogP contribution >= 0.6 is 0 Å². The lowest BCUT2D eigenvalue weighted by Crippen LogP contribution is -2.42. The van der Waals surface area contributed by atoms with Gasteiger partial charge in [-0.05, 0) is 30.9 Å². The predicted molar refractivity (Wildman–Crippen MR) is 113 cm³/mol. The summed E-state index contributed by atoms with van der Waals surface area (Å²) in [6.45, 7) is 7.71. The number of rotatable bonds is 6. The van der Waals surface area contributed by atoms with E-state index in [0.29, 0.717) is 29.1 Å². The maximum atomic E-state index is 9.62. The Kier molecular flexibility index (Phi) is 4.76. The highest BCUT2D eigenvalue weighted by Crippen LogP contribution is 2.44. The number of hydrazine groups is 1. The molecule has 0 spiro atoms. The zero-order valence-electron chi connectivity index (χ0n) is 17.0. The molecule has 1 saturated heterocycles. The van der Waals surface area contributed by atoms with Crippen molar-refractivity contribution in [2.75, 3.05) is 37.2 Å². The fourth-order valence-corrected chi connectivity index (χ4v) is 4.08. The van der Waals surface area contributed by atoms with E-state index in [0.717, 1.165) is 30.0 Å². The van der Waals surface area contributed by atoms with E-state index in [1.165, 1.54) is 0 Å². The van der Waals surface area contributed by atoms with Crippen LogP contribution in [0.2, 0.25) is 0 Å². The van der Waals surface area contributed by atoms with E-state index in [-0.39, 0.29) is 0 Å². The van der Waals surface area contributed by atoms with Crippen LogP contribution < -0.4 is 15.8 Å². The maximum absolute atomic E-state index is 9.62. The van der Waals surface area contributed by atoms with Gasteiger partial charge in [-0.2, -0.15) is 15.2 Å². The second kappa shape index (κ2) is 7.26. The molecule has 3 heterocycles. The Bertz CT molecular complexity index is 971. The number of nitriles is 1. The second-order valence-corrected chi connectivity index (χ2v) is 7.57. The van der Waals surface area contributed by atoms with Crippen molar-refractivity contribution in [3.63, 3.8) is 0 Å². The number of nitrogens with zero attached hydrogens (tertiary/aromatic N) is 7. The van der Waals surface area contributed by atoms with E-state index < -0.39 is 0 Å². The van der Waals surface area contributed by atoms with Crippen LogP contribution in [0.15, 0.2) is 43.4 Å². The fourth-order valence-electron chi connectivity index (χ4n) is 4.08. The number of aromatic nitrogens is 3. The molecule has 1 saturated carbocycles. The van der Waals surface area contributed by atoms with Crippen molar-refractivity contribution in [3.8, 4) is 6.07 Å². The number of piperidine rings is 1. The molecule has 2 aromatic rings. The minimum atomic E-state index is 0.371. The van der Waals surface area contributed by atoms with Crippen LogP contribution in [0, 0.1) is 23.2 Å². The Morgan fingerprint density at radius 1 is 1.31 bits per heavy atom. The standard InChI is InChI=1S/C21H26N8/c1-5-16(21-15(9-22)11-25-29(21)27(4)26(3)6-2)14-7-8-19(24-10-14)28-12-17-18(13-28)20(17)23/h5-8,10-11,17-18,20H,2,12-13,23H2,1,3-4H3/b16-5-/t17-,18+,20-. The first-order chi connectivity index (χ1) is 14.0. The Hall–Kier alpha value is -3.31. The van der Waals surface area contributed by atoms with E-state index in [1.54, 1.807) is 27.3 Å². The van der Waals surface area contributed by atoms with Gasteiger partial charge in [0, 0.05) is 56.8 Å². The average molecular weight is 390 g/mol. The number of hydrogen-bond donors (Lipinski definition) is 1. The zero-order valence-corrected chi connectivity index (χ0v) is 17.0. The van der Waals surface area contributed by atoms with Gasteiger partial charge in [0.15, 0.2) is 0 Å². The molecular formula is C21H26N8. The molecule has 0 bridgehead atoms. The Morgan fingerprint density at radius 2 is 2.03 bits per heavy atom. The van der Waals surface area contributed by atoms with Crippen LogP contribution in [0.5, 0.6) is 0 Å². The maximum Gasteiger partial charge on any atom is 0.128 e. The molecule has 3 atom stereocenters. The van der Waals surface area contributed by atoms with Crippen LogP contribution in [0.4, 0.5) is 5.82 Å². The third-order valence-corrected chi connectivity index (χ3v) is 6.05. The van der Waals surface area contributed by atoms with Crippen molar-refractivity contribution in [1.29, 1.82) is 5.26 Å². The molecule has 2 N–H and O–H groups in total. The molecule has 2 fully saturated rings. The molecule has 2 aromatic heterocycles. The highest BCUT2D eigenvalue weighted by Gasteiger charge is 2.53. The van der Waals surface area contributed by atoms with E-state index in [9.17, 15) is 5.26 Å². The summed E-state index contributed by atoms with van der Waals surface area (Å²) in [5.41, 5.74) is 9.09. The van der Waals surface area contributed by atoms with Crippen molar-refractivity contribution < 1.29 is 0 Å². The Labute approximate surface area is 171 Å². The number of fused-ring (bicyclic) bond motifs is 1. The zero-order chi connectivity index (χ0) is 20.7. The highest BCUT2D eigenvalue weighted by molar-refractivity contribution is 5.80. The largest absolute Gasteiger partial charge is 0.356 e. The number of allylic oxidation sites excluding steroid dienone is 1. The summed E-state index contributed by atoms with van der Waals surface area (Å²) in [4.78, 5) is 8.69. The van der Waals surface area contributed by atoms with Gasteiger partial charge in [0.25, 0.3) is 0 Å². The lowest BCUT2D eigenvalue weighted by Gasteiger charge is -2.29. The van der Waals surface area contributed by atoms with Crippen molar-refractivity contribution in [2.45, 2.75) is 13.0 Å². The summed E-state index contributed by atoms with van der Waals surface area (Å²) < 4.78 is 0. The van der Waals surface area contributed by atoms with Gasteiger partial charge in [-0.25, -0.2) is 10.1 Å². The van der Waals surface area contributed by atoms with Crippen molar-refractivity contribution >= 4 is 11.4 Å². The molecule has 1 aliphatic carbocycles. The summed E-state index contributed by atoms with van der Waals surface area (Å²) in [5, 5.41) is 17.6. The molecule has 29 heavy (non-hydrogen) atoms. The lowest BCUT2D eigenvalue weighted by atomic mass is 10.0. The number of hydrogen-bond acceptors (Lipinski definition) is 7. The third kappa shape index (κ3) is 3.13. The number of nitrogens with two attached hydrogens (primary N) is 1. The first-order valence-corrected chi connectivity index (χ1v) is 9.71. The average Bonchev–Trinajstić information content (AvgIpc) is 3.14. The predicted octanol–water partition coefficient (Wildman–Crippen LogP) is 1.55. The van der Waals surface area contributed by atoms with Gasteiger partial charge < -0.3 is 10.6 Å². The summed E-state index contributed by atoms with van der Waals surface area (Å²) in [6.07, 6.45) is 7.10. The molecule has 0 amide bonds. The minimum Gasteiger partial charge on any atom is -0.356 e. The summed E-state index contributed by atoms with van der Waals surface area (Å²) >= 11 is 0. The molecule has 0 aromatic carbocycles. The van der Waals surface area contributed by atoms with Gasteiger partial charge in [-0.1, -0.05) is 12.7 Å². The first-order valence-electron chi connectivity index (χ1n) is 9.71. The van der Waals surface area contributed by atoms with E-state index >= 15 is 0 Å². The third-order valence-electron chi connectivity index (χ3n) is 6.05. The fraction of sp³-hybridized carbons (Fsp3) is 0.381. The number of anilines is 1. The quantitative estimate of drug-likeness (QED) is 0.749. The molecule has 2 aliphatic rings. The van der Waals surface area contributed by atoms with Gasteiger partial charge in [0.1, 0.15) is 23.1 Å². The van der Waals surface area contributed by atoms with Crippen molar-refractivity contribution in [3.05, 3.63) is 60.2 Å². The van der Waals surface area contributed by atoms with Crippen molar-refractivity contribution in [1.82, 2.24) is 19.9 Å². The summed E-state index contributed by atoms with van der Waals surface area (Å²) in [7, 11) is 3.72. The SMILES string of the molecule is C=CN(C)N(C)n1ncc(C#N)c1/C(=C\C)c1ccc(N2C[C@@H]3[C@H](N)[C@@H]3C2)nc1. The topological polar surface area (TPSA) is 90.2 Å². The van der Waals surface area contributed by atoms with Crippen LogP contribution in [0.1, 0.15) is 23.7 Å². The van der Waals surface area contributed by atoms with E-state index in [4.69, 9.17) is 10.7 Å². The molecule has 8 heteroatoms. The van der Waals surface area contributed by atoms with Gasteiger partial charge in [0.05, 0.1) is 6.20 Å². The summed E-state index contributed by atoms with van der Waals surface area (Å²) in [6, 6.07) is 6.71. The second-order valence-electron chi connectivity index (χ2n) is 7.57. The van der Waals surface area contributed by atoms with Crippen LogP contribution in [-0.2, 0) is 0 Å². The number of pyridine rings is 1. The lowest BCUT2D eigenvalue weighted by molar-refractivity contribution is 0.321. The smallest absolute Gasteiger partial charge is 0.128 e.